The number of halogens is 1. The molecule has 7 nitrogen and oxygen atoms in total. The van der Waals surface area contributed by atoms with Gasteiger partial charge in [-0.05, 0) is 42.8 Å². The van der Waals surface area contributed by atoms with Crippen LogP contribution in [0.2, 0.25) is 0 Å². The monoisotopic (exact) mass is 373 g/mol. The number of hydrogen-bond donors (Lipinski definition) is 2. The minimum atomic E-state index is -0.455. The maximum absolute atomic E-state index is 13.0. The summed E-state index contributed by atoms with van der Waals surface area (Å²) in [7, 11) is 0. The van der Waals surface area contributed by atoms with E-state index in [0.29, 0.717) is 17.8 Å². The van der Waals surface area contributed by atoms with E-state index in [-0.39, 0.29) is 17.4 Å². The second kappa shape index (κ2) is 8.13. The van der Waals surface area contributed by atoms with Crippen molar-refractivity contribution in [1.29, 1.82) is 0 Å². The predicted molar refractivity (Wildman–Crippen MR) is 101 cm³/mol. The Kier molecular flexibility index (Phi) is 5.66. The van der Waals surface area contributed by atoms with Crippen LogP contribution < -0.4 is 15.1 Å². The molecule has 0 radical (unpaired) electrons. The molecule has 1 aliphatic rings. The molecule has 1 heterocycles. The summed E-state index contributed by atoms with van der Waals surface area (Å²) < 4.78 is 13.0. The first-order valence-corrected chi connectivity index (χ1v) is 8.81. The van der Waals surface area contributed by atoms with Crippen molar-refractivity contribution in [3.8, 4) is 0 Å². The normalized spacial score (nSPS) is 14.8. The third-order valence-electron chi connectivity index (χ3n) is 4.77. The Morgan fingerprint density at radius 2 is 1.89 bits per heavy atom. The molecule has 2 aromatic carbocycles. The van der Waals surface area contributed by atoms with Crippen molar-refractivity contribution < 1.29 is 19.0 Å². The number of aryl methyl sites for hydroxylation is 1. The summed E-state index contributed by atoms with van der Waals surface area (Å²) in [6, 6.07) is 10.8. The zero-order chi connectivity index (χ0) is 19.4. The zero-order valence-corrected chi connectivity index (χ0v) is 15.1. The summed E-state index contributed by atoms with van der Waals surface area (Å²) >= 11 is 0. The molecule has 0 aliphatic carbocycles. The molecule has 3 rings (SSSR count). The summed E-state index contributed by atoms with van der Waals surface area (Å²) in [4.78, 5) is 26.0. The first-order chi connectivity index (χ1) is 12.9. The molecular formula is C19H22FN4O3+. The second-order valence-electron chi connectivity index (χ2n) is 6.69. The molecule has 2 N–H and O–H groups in total. The van der Waals surface area contributed by atoms with Crippen LogP contribution in [0.15, 0.2) is 42.5 Å². The van der Waals surface area contributed by atoms with Crippen molar-refractivity contribution in [2.45, 2.75) is 6.92 Å². The number of amides is 1. The van der Waals surface area contributed by atoms with E-state index in [1.54, 1.807) is 25.1 Å². The Balaban J connectivity index is 1.51. The van der Waals surface area contributed by atoms with E-state index >= 15 is 0 Å². The third kappa shape index (κ3) is 4.79. The van der Waals surface area contributed by atoms with Crippen molar-refractivity contribution in [1.82, 2.24) is 0 Å². The highest BCUT2D eigenvalue weighted by Crippen LogP contribution is 2.21. The number of piperazine rings is 1. The molecular weight excluding hydrogens is 351 g/mol. The highest BCUT2D eigenvalue weighted by Gasteiger charge is 2.22. The molecule has 0 unspecified atom stereocenters. The molecule has 142 valence electrons. The van der Waals surface area contributed by atoms with Crippen LogP contribution >= 0.6 is 0 Å². The Morgan fingerprint density at radius 3 is 2.48 bits per heavy atom. The topological polar surface area (TPSA) is 79.9 Å². The molecule has 8 heteroatoms. The van der Waals surface area contributed by atoms with Crippen LogP contribution in [-0.4, -0.2) is 43.6 Å². The molecule has 0 aromatic heterocycles. The number of nitro groups is 1. The standard InChI is InChI=1S/C19H21FN4O3/c1-14-12-17(24(26)27)6-7-18(14)21-19(25)13-22-8-10-23(11-9-22)16-4-2-15(20)3-5-16/h2-7,12H,8-11,13H2,1H3,(H,21,25)/p+1. The predicted octanol–water partition coefficient (Wildman–Crippen LogP) is 1.39. The smallest absolute Gasteiger partial charge is 0.279 e. The first kappa shape index (κ1) is 18.8. The van der Waals surface area contributed by atoms with Gasteiger partial charge >= 0.3 is 0 Å². The van der Waals surface area contributed by atoms with Crippen LogP contribution in [0.5, 0.6) is 0 Å². The van der Waals surface area contributed by atoms with E-state index in [2.05, 4.69) is 10.2 Å². The maximum atomic E-state index is 13.0. The van der Waals surface area contributed by atoms with Gasteiger partial charge in [-0.15, -0.1) is 0 Å². The van der Waals surface area contributed by atoms with Gasteiger partial charge in [-0.1, -0.05) is 0 Å². The number of non-ortho nitro benzene ring substituents is 1. The summed E-state index contributed by atoms with van der Waals surface area (Å²) in [5.74, 6) is -0.363. The molecule has 0 atom stereocenters. The Hall–Kier alpha value is -3.00. The van der Waals surface area contributed by atoms with Crippen molar-refractivity contribution >= 4 is 23.0 Å². The van der Waals surface area contributed by atoms with Gasteiger partial charge in [0, 0.05) is 23.5 Å². The van der Waals surface area contributed by atoms with Crippen LogP contribution in [0.1, 0.15) is 5.56 Å². The lowest BCUT2D eigenvalue weighted by atomic mass is 10.2. The van der Waals surface area contributed by atoms with E-state index in [1.807, 2.05) is 0 Å². The van der Waals surface area contributed by atoms with Crippen molar-refractivity contribution in [3.05, 3.63) is 64.0 Å². The van der Waals surface area contributed by atoms with E-state index in [4.69, 9.17) is 0 Å². The van der Waals surface area contributed by atoms with Gasteiger partial charge in [0.2, 0.25) is 0 Å². The average molecular weight is 373 g/mol. The molecule has 1 amide bonds. The Bertz CT molecular complexity index is 833. The summed E-state index contributed by atoms with van der Waals surface area (Å²) in [5, 5.41) is 13.6. The molecule has 2 aromatic rings. The van der Waals surface area contributed by atoms with Crippen LogP contribution in [0, 0.1) is 22.9 Å². The van der Waals surface area contributed by atoms with Crippen molar-refractivity contribution in [3.63, 3.8) is 0 Å². The Labute approximate surface area is 156 Å². The highest BCUT2D eigenvalue weighted by molar-refractivity contribution is 5.92. The lowest BCUT2D eigenvalue weighted by Gasteiger charge is -2.33. The number of nitro benzene ring substituents is 1. The molecule has 1 fully saturated rings. The van der Waals surface area contributed by atoms with Gasteiger partial charge in [-0.3, -0.25) is 14.9 Å². The third-order valence-corrected chi connectivity index (χ3v) is 4.77. The lowest BCUT2D eigenvalue weighted by Crippen LogP contribution is -3.15. The van der Waals surface area contributed by atoms with Gasteiger partial charge in [0.15, 0.2) is 6.54 Å². The van der Waals surface area contributed by atoms with Crippen molar-refractivity contribution in [2.75, 3.05) is 42.9 Å². The van der Waals surface area contributed by atoms with Gasteiger partial charge in [0.05, 0.1) is 31.1 Å². The van der Waals surface area contributed by atoms with E-state index in [0.717, 1.165) is 31.9 Å². The summed E-state index contributed by atoms with van der Waals surface area (Å²) in [6.07, 6.45) is 0. The Morgan fingerprint density at radius 1 is 1.22 bits per heavy atom. The van der Waals surface area contributed by atoms with Crippen LogP contribution in [0.25, 0.3) is 0 Å². The first-order valence-electron chi connectivity index (χ1n) is 8.81. The average Bonchev–Trinajstić information content (AvgIpc) is 2.64. The minimum absolute atomic E-state index is 0.00744. The molecule has 0 saturated carbocycles. The van der Waals surface area contributed by atoms with Gasteiger partial charge in [-0.2, -0.15) is 0 Å². The van der Waals surface area contributed by atoms with E-state index in [9.17, 15) is 19.3 Å². The number of anilines is 2. The van der Waals surface area contributed by atoms with Gasteiger partial charge in [0.25, 0.3) is 11.6 Å². The van der Waals surface area contributed by atoms with Gasteiger partial charge < -0.3 is 15.1 Å². The quantitative estimate of drug-likeness (QED) is 0.613. The molecule has 0 bridgehead atoms. The molecule has 1 aliphatic heterocycles. The summed E-state index contributed by atoms with van der Waals surface area (Å²) in [6.45, 7) is 5.29. The number of nitrogens with zero attached hydrogens (tertiary/aromatic N) is 2. The summed E-state index contributed by atoms with van der Waals surface area (Å²) in [5.41, 5.74) is 2.25. The fourth-order valence-electron chi connectivity index (χ4n) is 3.23. The van der Waals surface area contributed by atoms with E-state index < -0.39 is 4.92 Å². The SMILES string of the molecule is Cc1cc([N+](=O)[O-])ccc1NC(=O)C[NH+]1CCN(c2ccc(F)cc2)CC1. The number of quaternary nitrogens is 1. The minimum Gasteiger partial charge on any atom is -0.360 e. The lowest BCUT2D eigenvalue weighted by molar-refractivity contribution is -0.892. The number of carbonyl (C=O) groups excluding carboxylic acids is 1. The zero-order valence-electron chi connectivity index (χ0n) is 15.1. The number of nitrogens with one attached hydrogen (secondary N) is 2. The molecule has 27 heavy (non-hydrogen) atoms. The maximum Gasteiger partial charge on any atom is 0.279 e. The number of carbonyl (C=O) groups is 1. The van der Waals surface area contributed by atoms with Gasteiger partial charge in [0.1, 0.15) is 5.82 Å². The number of hydrogen-bond acceptors (Lipinski definition) is 4. The molecule has 1 saturated heterocycles. The number of rotatable bonds is 5. The van der Waals surface area contributed by atoms with Crippen LogP contribution in [-0.2, 0) is 4.79 Å². The van der Waals surface area contributed by atoms with Crippen molar-refractivity contribution in [2.24, 2.45) is 0 Å². The largest absolute Gasteiger partial charge is 0.360 e. The fourth-order valence-corrected chi connectivity index (χ4v) is 3.23. The second-order valence-corrected chi connectivity index (χ2v) is 6.69. The van der Waals surface area contributed by atoms with Crippen LogP contribution in [0.3, 0.4) is 0 Å². The fraction of sp³-hybridized carbons (Fsp3) is 0.316. The highest BCUT2D eigenvalue weighted by atomic mass is 19.1. The number of benzene rings is 2. The van der Waals surface area contributed by atoms with Crippen LogP contribution in [0.4, 0.5) is 21.5 Å². The van der Waals surface area contributed by atoms with Gasteiger partial charge in [-0.25, -0.2) is 4.39 Å². The van der Waals surface area contributed by atoms with E-state index in [1.165, 1.54) is 29.2 Å². The molecule has 0 spiro atoms.